The highest BCUT2D eigenvalue weighted by Gasteiger charge is 2.64. The Morgan fingerprint density at radius 3 is 2.41 bits per heavy atom. The summed E-state index contributed by atoms with van der Waals surface area (Å²) < 4.78 is 5.67. The molecule has 0 radical (unpaired) electrons. The number of carbonyl (C=O) groups excluding carboxylic acids is 1. The van der Waals surface area contributed by atoms with Gasteiger partial charge in [-0.1, -0.05) is 47.0 Å². The lowest BCUT2D eigenvalue weighted by atomic mass is 9.68. The van der Waals surface area contributed by atoms with Gasteiger partial charge in [-0.2, -0.15) is 0 Å². The van der Waals surface area contributed by atoms with Gasteiger partial charge in [-0.15, -0.1) is 0 Å². The molecule has 128 valence electrons. The Kier molecular flexibility index (Phi) is 5.23. The number of carbonyl (C=O) groups is 1. The fraction of sp³-hybridized carbons (Fsp3) is 0.944. The maximum absolute atomic E-state index is 11.8. The van der Waals surface area contributed by atoms with Crippen LogP contribution in [0.2, 0.25) is 0 Å². The molecule has 0 bridgehead atoms. The first-order valence-corrected chi connectivity index (χ1v) is 8.96. The summed E-state index contributed by atoms with van der Waals surface area (Å²) in [5.74, 6) is 0.164. The van der Waals surface area contributed by atoms with Gasteiger partial charge in [0.2, 0.25) is 0 Å². The van der Waals surface area contributed by atoms with Crippen LogP contribution in [-0.4, -0.2) is 33.5 Å². The van der Waals surface area contributed by atoms with Crippen LogP contribution in [0.4, 0.5) is 0 Å². The molecule has 6 atom stereocenters. The molecule has 2 aliphatic rings. The van der Waals surface area contributed by atoms with Gasteiger partial charge >= 0.3 is 5.97 Å². The molecule has 0 amide bonds. The Balaban J connectivity index is 2.35. The molecule has 0 aromatic heterocycles. The van der Waals surface area contributed by atoms with Crippen molar-refractivity contribution in [3.05, 3.63) is 0 Å². The molecule has 0 aromatic rings. The van der Waals surface area contributed by atoms with Crippen LogP contribution < -0.4 is 0 Å². The largest absolute Gasteiger partial charge is 0.456 e. The zero-order valence-corrected chi connectivity index (χ0v) is 14.5. The Morgan fingerprint density at radius 2 is 1.95 bits per heavy atom. The standard InChI is InChI=1S/C18H32O4/c1-5-8-9-13-11-17(21,6-2)16(12(13)4)18(7-3)14(19)10-15(20)22-18/h12-14,16,19,21H,5-11H2,1-4H3/t12-,13+,14+,16+,17-,18-/m1/s1. The van der Waals surface area contributed by atoms with Crippen molar-refractivity contribution in [3.63, 3.8) is 0 Å². The van der Waals surface area contributed by atoms with Crippen LogP contribution >= 0.6 is 0 Å². The number of ether oxygens (including phenoxy) is 1. The van der Waals surface area contributed by atoms with Gasteiger partial charge in [0.25, 0.3) is 0 Å². The van der Waals surface area contributed by atoms with Gasteiger partial charge in [0, 0.05) is 5.92 Å². The monoisotopic (exact) mass is 312 g/mol. The SMILES string of the molecule is CCCC[C@H]1C[C@](O)(CC)[C@@H]([C@]2(CC)OC(=O)C[C@@H]2O)[C@@H]1C. The first-order chi connectivity index (χ1) is 10.3. The van der Waals surface area contributed by atoms with Crippen molar-refractivity contribution >= 4 is 5.97 Å². The molecule has 2 rings (SSSR count). The van der Waals surface area contributed by atoms with Gasteiger partial charge in [0.15, 0.2) is 0 Å². The van der Waals surface area contributed by atoms with Crippen molar-refractivity contribution in [2.24, 2.45) is 17.8 Å². The van der Waals surface area contributed by atoms with Crippen molar-refractivity contribution in [2.75, 3.05) is 0 Å². The molecule has 2 N–H and O–H groups in total. The van der Waals surface area contributed by atoms with E-state index >= 15 is 0 Å². The summed E-state index contributed by atoms with van der Waals surface area (Å²) in [6.45, 7) is 8.28. The zero-order chi connectivity index (χ0) is 16.5. The molecule has 1 saturated heterocycles. The molecule has 0 unspecified atom stereocenters. The highest BCUT2D eigenvalue weighted by atomic mass is 16.6. The average Bonchev–Trinajstić information content (AvgIpc) is 2.91. The van der Waals surface area contributed by atoms with Crippen LogP contribution in [0.15, 0.2) is 0 Å². The molecule has 4 nitrogen and oxygen atoms in total. The summed E-state index contributed by atoms with van der Waals surface area (Å²) in [6.07, 6.45) is 4.59. The highest BCUT2D eigenvalue weighted by molar-refractivity contribution is 5.73. The fourth-order valence-electron chi connectivity index (χ4n) is 5.07. The summed E-state index contributed by atoms with van der Waals surface area (Å²) in [4.78, 5) is 11.8. The van der Waals surface area contributed by atoms with Crippen molar-refractivity contribution in [1.29, 1.82) is 0 Å². The van der Waals surface area contributed by atoms with Crippen molar-refractivity contribution in [1.82, 2.24) is 0 Å². The zero-order valence-electron chi connectivity index (χ0n) is 14.5. The summed E-state index contributed by atoms with van der Waals surface area (Å²) in [6, 6.07) is 0. The summed E-state index contributed by atoms with van der Waals surface area (Å²) in [5.41, 5.74) is -1.76. The summed E-state index contributed by atoms with van der Waals surface area (Å²) >= 11 is 0. The molecular formula is C18H32O4. The van der Waals surface area contributed by atoms with E-state index in [1.54, 1.807) is 0 Å². The summed E-state index contributed by atoms with van der Waals surface area (Å²) in [7, 11) is 0. The smallest absolute Gasteiger partial charge is 0.309 e. The van der Waals surface area contributed by atoms with E-state index in [1.165, 1.54) is 0 Å². The third-order valence-electron chi connectivity index (χ3n) is 6.31. The quantitative estimate of drug-likeness (QED) is 0.740. The lowest BCUT2D eigenvalue weighted by molar-refractivity contribution is -0.181. The van der Waals surface area contributed by atoms with Crippen LogP contribution in [0.25, 0.3) is 0 Å². The maximum Gasteiger partial charge on any atom is 0.309 e. The third kappa shape index (κ3) is 2.69. The molecule has 0 spiro atoms. The van der Waals surface area contributed by atoms with E-state index in [-0.39, 0.29) is 24.2 Å². The first-order valence-electron chi connectivity index (χ1n) is 8.96. The van der Waals surface area contributed by atoms with Crippen LogP contribution in [-0.2, 0) is 9.53 Å². The Labute approximate surface area is 134 Å². The molecule has 22 heavy (non-hydrogen) atoms. The molecule has 1 aliphatic carbocycles. The number of aliphatic hydroxyl groups excluding tert-OH is 1. The second-order valence-electron chi connectivity index (χ2n) is 7.40. The van der Waals surface area contributed by atoms with Crippen molar-refractivity contribution < 1.29 is 19.7 Å². The predicted molar refractivity (Wildman–Crippen MR) is 85.3 cm³/mol. The van der Waals surface area contributed by atoms with Crippen LogP contribution in [0.1, 0.15) is 72.6 Å². The Hall–Kier alpha value is -0.610. The Morgan fingerprint density at radius 1 is 1.27 bits per heavy atom. The predicted octanol–water partition coefficient (Wildman–Crippen LogP) is 3.05. The van der Waals surface area contributed by atoms with Gasteiger partial charge < -0.3 is 14.9 Å². The number of cyclic esters (lactones) is 1. The van der Waals surface area contributed by atoms with E-state index < -0.39 is 17.3 Å². The molecule has 1 saturated carbocycles. The summed E-state index contributed by atoms with van der Waals surface area (Å²) in [5, 5.41) is 21.8. The molecule has 1 heterocycles. The number of hydrogen-bond donors (Lipinski definition) is 2. The molecule has 4 heteroatoms. The van der Waals surface area contributed by atoms with Crippen molar-refractivity contribution in [3.8, 4) is 0 Å². The molecule has 1 aliphatic heterocycles. The Bertz CT molecular complexity index is 410. The second-order valence-corrected chi connectivity index (χ2v) is 7.40. The van der Waals surface area contributed by atoms with Gasteiger partial charge in [-0.3, -0.25) is 4.79 Å². The number of aliphatic hydroxyl groups is 2. The van der Waals surface area contributed by atoms with Gasteiger partial charge in [0.1, 0.15) is 11.7 Å². The fourth-order valence-corrected chi connectivity index (χ4v) is 5.07. The van der Waals surface area contributed by atoms with Crippen molar-refractivity contribution in [2.45, 2.75) is 89.9 Å². The van der Waals surface area contributed by atoms with Gasteiger partial charge in [-0.25, -0.2) is 0 Å². The topological polar surface area (TPSA) is 66.8 Å². The van der Waals surface area contributed by atoms with E-state index in [9.17, 15) is 15.0 Å². The number of esters is 1. The van der Waals surface area contributed by atoms with E-state index in [4.69, 9.17) is 4.74 Å². The average molecular weight is 312 g/mol. The second kappa shape index (κ2) is 6.48. The lowest BCUT2D eigenvalue weighted by Crippen LogP contribution is -2.55. The van der Waals surface area contributed by atoms with Crippen LogP contribution in [0.3, 0.4) is 0 Å². The van der Waals surface area contributed by atoms with E-state index in [0.29, 0.717) is 18.8 Å². The minimum absolute atomic E-state index is 0.0521. The third-order valence-corrected chi connectivity index (χ3v) is 6.31. The van der Waals surface area contributed by atoms with E-state index in [1.807, 2.05) is 13.8 Å². The van der Waals surface area contributed by atoms with E-state index in [2.05, 4.69) is 13.8 Å². The minimum atomic E-state index is -0.914. The number of rotatable bonds is 6. The lowest BCUT2D eigenvalue weighted by Gasteiger charge is -2.44. The highest BCUT2D eigenvalue weighted by Crippen LogP contribution is 2.56. The normalized spacial score (nSPS) is 45.3. The van der Waals surface area contributed by atoms with Crippen LogP contribution in [0.5, 0.6) is 0 Å². The van der Waals surface area contributed by atoms with E-state index in [0.717, 1.165) is 25.7 Å². The van der Waals surface area contributed by atoms with Crippen LogP contribution in [0, 0.1) is 17.8 Å². The molecular weight excluding hydrogens is 280 g/mol. The number of hydrogen-bond acceptors (Lipinski definition) is 4. The minimum Gasteiger partial charge on any atom is -0.456 e. The number of unbranched alkanes of at least 4 members (excludes halogenated alkanes) is 1. The van der Waals surface area contributed by atoms with Gasteiger partial charge in [-0.05, 0) is 31.1 Å². The van der Waals surface area contributed by atoms with Gasteiger partial charge in [0.05, 0.1) is 12.0 Å². The molecule has 2 fully saturated rings. The molecule has 0 aromatic carbocycles. The maximum atomic E-state index is 11.8. The first kappa shape index (κ1) is 17.7.